The van der Waals surface area contributed by atoms with E-state index in [1.165, 1.54) is 27.8 Å². The predicted molar refractivity (Wildman–Crippen MR) is 91.7 cm³/mol. The second-order valence-corrected chi connectivity index (χ2v) is 6.35. The van der Waals surface area contributed by atoms with Crippen LogP contribution in [0.2, 0.25) is 13.1 Å². The molecule has 0 aromatic heterocycles. The molecule has 2 aromatic carbocycles. The zero-order valence-electron chi connectivity index (χ0n) is 13.8. The van der Waals surface area contributed by atoms with Crippen molar-refractivity contribution in [2.45, 2.75) is 25.4 Å². The van der Waals surface area contributed by atoms with Gasteiger partial charge in [-0.25, -0.2) is 11.6 Å². The molecule has 0 nitrogen and oxygen atoms in total. The van der Waals surface area contributed by atoms with E-state index in [1.54, 1.807) is 0 Å². The van der Waals surface area contributed by atoms with E-state index in [4.69, 9.17) is 0 Å². The molecule has 0 unspecified atom stereocenters. The van der Waals surface area contributed by atoms with E-state index in [9.17, 15) is 0 Å². The van der Waals surface area contributed by atoms with Crippen LogP contribution in [0, 0.1) is 6.08 Å². The summed E-state index contributed by atoms with van der Waals surface area (Å²) < 4.78 is 0. The fourth-order valence-electron chi connectivity index (χ4n) is 3.11. The third kappa shape index (κ3) is 4.61. The standard InChI is InChI=1S/C18H13.C2H6Si.2ClH.Zr/c1-2-8-13(7-1)18-16-11-5-3-9-14(16)15-10-4-6-12-17(15)18;1-3-2;;;/h1,3-7,9-12,18H,2H2;1-2H3;2*1H;/q-1;;;;+3/p-2. The normalized spacial score (nSPS) is 13.2. The first-order valence-electron chi connectivity index (χ1n) is 7.40. The second kappa shape index (κ2) is 11.3. The molecule has 2 aromatic rings. The summed E-state index contributed by atoms with van der Waals surface area (Å²) in [5.74, 6) is 0.385. The van der Waals surface area contributed by atoms with E-state index in [1.807, 2.05) is 0 Å². The van der Waals surface area contributed by atoms with Crippen LogP contribution >= 0.6 is 0 Å². The van der Waals surface area contributed by atoms with Crippen LogP contribution in [0.25, 0.3) is 11.1 Å². The molecule has 2 aliphatic rings. The van der Waals surface area contributed by atoms with E-state index in [0.717, 1.165) is 15.9 Å². The molecule has 24 heavy (non-hydrogen) atoms. The van der Waals surface area contributed by atoms with Gasteiger partial charge in [0.15, 0.2) is 0 Å². The van der Waals surface area contributed by atoms with Crippen LogP contribution in [0.5, 0.6) is 0 Å². The van der Waals surface area contributed by atoms with Gasteiger partial charge < -0.3 is 24.8 Å². The van der Waals surface area contributed by atoms with Crippen LogP contribution in [-0.4, -0.2) is 9.52 Å². The average Bonchev–Trinajstić information content (AvgIpc) is 3.13. The summed E-state index contributed by atoms with van der Waals surface area (Å²) in [4.78, 5) is 0. The molecule has 2 aliphatic carbocycles. The first-order valence-corrected chi connectivity index (χ1v) is 9.40. The smallest absolute Gasteiger partial charge is 1.00 e. The molecule has 0 spiro atoms. The quantitative estimate of drug-likeness (QED) is 0.398. The van der Waals surface area contributed by atoms with E-state index < -0.39 is 0 Å². The number of hydrogen-bond acceptors (Lipinski definition) is 0. The molecule has 4 rings (SSSR count). The Morgan fingerprint density at radius 2 is 1.33 bits per heavy atom. The Morgan fingerprint density at radius 1 is 0.875 bits per heavy atom. The molecule has 0 amide bonds. The minimum absolute atomic E-state index is 0. The average molecular weight is 450 g/mol. The van der Waals surface area contributed by atoms with Crippen LogP contribution in [0.15, 0.2) is 66.3 Å². The maximum atomic E-state index is 3.49. The van der Waals surface area contributed by atoms with Crippen LogP contribution < -0.4 is 24.8 Å². The summed E-state index contributed by atoms with van der Waals surface area (Å²) >= 11 is 0. The number of hydrogen-bond donors (Lipinski definition) is 0. The minimum Gasteiger partial charge on any atom is -1.00 e. The molecule has 0 aliphatic heterocycles. The van der Waals surface area contributed by atoms with Gasteiger partial charge in [-0.15, -0.1) is 6.42 Å². The van der Waals surface area contributed by atoms with Crippen LogP contribution in [0.1, 0.15) is 23.5 Å². The van der Waals surface area contributed by atoms with Crippen molar-refractivity contribution in [3.63, 3.8) is 0 Å². The Hall–Kier alpha value is -0.400. The number of benzene rings is 2. The van der Waals surface area contributed by atoms with E-state index in [0.29, 0.717) is 5.92 Å². The zero-order chi connectivity index (χ0) is 14.7. The molecule has 0 heterocycles. The zero-order valence-corrected chi connectivity index (χ0v) is 18.8. The molecular formula is C20H19Cl2SiZr. The number of halogens is 2. The molecule has 0 saturated heterocycles. The maximum Gasteiger partial charge on any atom is 3.00 e. The van der Waals surface area contributed by atoms with Gasteiger partial charge in [0, 0.05) is 15.4 Å². The fourth-order valence-corrected chi connectivity index (χ4v) is 3.11. The number of allylic oxidation sites excluding steroid dienone is 4. The Morgan fingerprint density at radius 3 is 1.75 bits per heavy atom. The molecular weight excluding hydrogens is 430 g/mol. The van der Waals surface area contributed by atoms with Crippen molar-refractivity contribution in [3.8, 4) is 11.1 Å². The fraction of sp³-hybridized carbons (Fsp3) is 0.200. The van der Waals surface area contributed by atoms with E-state index in [2.05, 4.69) is 79.9 Å². The van der Waals surface area contributed by atoms with Crippen LogP contribution in [0.4, 0.5) is 0 Å². The second-order valence-electron chi connectivity index (χ2n) is 5.35. The summed E-state index contributed by atoms with van der Waals surface area (Å²) in [5.41, 5.74) is 6.94. The van der Waals surface area contributed by atoms with Crippen molar-refractivity contribution in [2.75, 3.05) is 0 Å². The molecule has 3 radical (unpaired) electrons. The molecule has 0 fully saturated rings. The third-order valence-electron chi connectivity index (χ3n) is 3.87. The maximum absolute atomic E-state index is 3.49. The summed E-state index contributed by atoms with van der Waals surface area (Å²) in [6.45, 7) is 4.31. The van der Waals surface area contributed by atoms with Gasteiger partial charge in [0.05, 0.1) is 0 Å². The van der Waals surface area contributed by atoms with Crippen molar-refractivity contribution in [3.05, 3.63) is 83.5 Å². The van der Waals surface area contributed by atoms with Gasteiger partial charge in [-0.1, -0.05) is 61.6 Å². The third-order valence-corrected chi connectivity index (χ3v) is 3.87. The van der Waals surface area contributed by atoms with Gasteiger partial charge in [-0.3, -0.25) is 6.08 Å². The molecule has 0 N–H and O–H groups in total. The molecule has 0 atom stereocenters. The van der Waals surface area contributed by atoms with Crippen molar-refractivity contribution < 1.29 is 51.0 Å². The van der Waals surface area contributed by atoms with Gasteiger partial charge in [-0.05, 0) is 22.3 Å². The molecule has 121 valence electrons. The van der Waals surface area contributed by atoms with Gasteiger partial charge in [0.2, 0.25) is 0 Å². The Balaban J connectivity index is 0.000000827. The van der Waals surface area contributed by atoms with Gasteiger partial charge in [0.1, 0.15) is 0 Å². The SMILES string of the molecule is C[Si]C.[C-]1=C(C2c3ccccc3-c3ccccc32)C=CC1.[Cl-].[Cl-].[Zr+3]. The van der Waals surface area contributed by atoms with E-state index >= 15 is 0 Å². The first kappa shape index (κ1) is 23.6. The van der Waals surface area contributed by atoms with Crippen molar-refractivity contribution in [1.29, 1.82) is 0 Å². The summed E-state index contributed by atoms with van der Waals surface area (Å²) in [5, 5.41) is 0. The minimum atomic E-state index is 0. The Labute approximate surface area is 179 Å². The summed E-state index contributed by atoms with van der Waals surface area (Å²) in [6.07, 6.45) is 8.86. The van der Waals surface area contributed by atoms with Gasteiger partial charge in [-0.2, -0.15) is 6.08 Å². The van der Waals surface area contributed by atoms with Crippen molar-refractivity contribution >= 4 is 9.52 Å². The van der Waals surface area contributed by atoms with Crippen molar-refractivity contribution in [1.82, 2.24) is 0 Å². The number of rotatable bonds is 1. The topological polar surface area (TPSA) is 0 Å². The van der Waals surface area contributed by atoms with Crippen molar-refractivity contribution in [2.24, 2.45) is 0 Å². The summed E-state index contributed by atoms with van der Waals surface area (Å²) in [6, 6.07) is 17.5. The largest absolute Gasteiger partial charge is 3.00 e. The monoisotopic (exact) mass is 447 g/mol. The van der Waals surface area contributed by atoms with E-state index in [-0.39, 0.29) is 51.0 Å². The van der Waals surface area contributed by atoms with Gasteiger partial charge >= 0.3 is 26.2 Å². The Bertz CT molecular complexity index is 665. The predicted octanol–water partition coefficient (Wildman–Crippen LogP) is -0.719. The number of fused-ring (bicyclic) bond motifs is 3. The molecule has 0 bridgehead atoms. The molecule has 0 saturated carbocycles. The van der Waals surface area contributed by atoms with Gasteiger partial charge in [0.25, 0.3) is 0 Å². The summed E-state index contributed by atoms with van der Waals surface area (Å²) in [7, 11) is 1.08. The molecule has 4 heteroatoms. The van der Waals surface area contributed by atoms with Crippen LogP contribution in [0.3, 0.4) is 0 Å². The Kier molecular flexibility index (Phi) is 11.1. The first-order chi connectivity index (χ1) is 10.4. The van der Waals surface area contributed by atoms with Crippen LogP contribution in [-0.2, 0) is 26.2 Å².